The van der Waals surface area contributed by atoms with Gasteiger partial charge in [0.05, 0.1) is 17.1 Å². The molecule has 0 radical (unpaired) electrons. The number of aryl methyl sites for hydroxylation is 1. The number of benzene rings is 1. The molecule has 1 aliphatic rings. The Hall–Kier alpha value is -1.50. The number of carbonyl (C=O) groups excluding carboxylic acids is 1. The molecule has 0 saturated carbocycles. The minimum atomic E-state index is -0.556. The van der Waals surface area contributed by atoms with Crippen LogP contribution < -0.4 is 0 Å². The predicted molar refractivity (Wildman–Crippen MR) is 94.1 cm³/mol. The van der Waals surface area contributed by atoms with Crippen molar-refractivity contribution >= 4 is 28.8 Å². The van der Waals surface area contributed by atoms with Crippen molar-refractivity contribution in [2.24, 2.45) is 0 Å². The maximum Gasteiger partial charge on any atom is 0.258 e. The van der Waals surface area contributed by atoms with Crippen molar-refractivity contribution in [3.05, 3.63) is 50.7 Å². The van der Waals surface area contributed by atoms with E-state index >= 15 is 0 Å². The summed E-state index contributed by atoms with van der Waals surface area (Å²) in [5.74, 6) is -0.878. The van der Waals surface area contributed by atoms with Gasteiger partial charge in [-0.25, -0.2) is 9.37 Å². The first-order valence-electron chi connectivity index (χ1n) is 7.91. The smallest absolute Gasteiger partial charge is 0.258 e. The monoisotopic (exact) mass is 367 g/mol. The minimum absolute atomic E-state index is 0.00922. The highest BCUT2D eigenvalue weighted by molar-refractivity contribution is 7.09. The van der Waals surface area contributed by atoms with E-state index in [1.54, 1.807) is 35.4 Å². The Bertz CT molecular complexity index is 723. The fourth-order valence-electron chi connectivity index (χ4n) is 2.87. The predicted octanol–water partition coefficient (Wildman–Crippen LogP) is 3.59. The van der Waals surface area contributed by atoms with Gasteiger partial charge in [0.2, 0.25) is 0 Å². The van der Waals surface area contributed by atoms with Gasteiger partial charge in [-0.2, -0.15) is 0 Å². The first-order valence-corrected chi connectivity index (χ1v) is 9.16. The van der Waals surface area contributed by atoms with Crippen LogP contribution in [0, 0.1) is 12.7 Å². The molecule has 0 atom stereocenters. The van der Waals surface area contributed by atoms with Crippen LogP contribution in [0.2, 0.25) is 5.02 Å². The molecule has 3 rings (SSSR count). The first-order chi connectivity index (χ1) is 11.6. The Labute approximate surface area is 149 Å². The van der Waals surface area contributed by atoms with Crippen LogP contribution in [0.25, 0.3) is 0 Å². The summed E-state index contributed by atoms with van der Waals surface area (Å²) in [5.41, 5.74) is 0.701. The van der Waals surface area contributed by atoms with Crippen LogP contribution in [0.5, 0.6) is 0 Å². The van der Waals surface area contributed by atoms with E-state index < -0.39 is 5.82 Å². The second-order valence-corrected chi connectivity index (χ2v) is 7.26. The maximum atomic E-state index is 14.1. The van der Waals surface area contributed by atoms with Crippen LogP contribution in [-0.2, 0) is 6.54 Å². The maximum absolute atomic E-state index is 14.1. The second-order valence-electron chi connectivity index (χ2n) is 5.90. The molecule has 1 aromatic heterocycles. The van der Waals surface area contributed by atoms with Gasteiger partial charge in [0.1, 0.15) is 10.8 Å². The molecule has 1 aromatic carbocycles. The lowest BCUT2D eigenvalue weighted by molar-refractivity contribution is 0.0756. The molecule has 1 fully saturated rings. The summed E-state index contributed by atoms with van der Waals surface area (Å²) in [6.45, 7) is 5.38. The van der Waals surface area contributed by atoms with E-state index in [1.165, 1.54) is 6.07 Å². The van der Waals surface area contributed by atoms with Crippen molar-refractivity contribution in [1.29, 1.82) is 0 Å². The molecule has 1 amide bonds. The average molecular weight is 368 g/mol. The van der Waals surface area contributed by atoms with Gasteiger partial charge in [-0.1, -0.05) is 17.7 Å². The molecule has 1 aliphatic heterocycles. The number of nitrogens with zero attached hydrogens (tertiary/aromatic N) is 3. The zero-order valence-corrected chi connectivity index (χ0v) is 15.0. The zero-order valence-electron chi connectivity index (χ0n) is 13.5. The molecule has 2 aromatic rings. The molecule has 1 saturated heterocycles. The van der Waals surface area contributed by atoms with Crippen molar-refractivity contribution in [2.75, 3.05) is 26.2 Å². The number of rotatable bonds is 3. The Kier molecular flexibility index (Phi) is 5.48. The quantitative estimate of drug-likeness (QED) is 0.831. The molecule has 2 heterocycles. The summed E-state index contributed by atoms with van der Waals surface area (Å²) < 4.78 is 14.1. The van der Waals surface area contributed by atoms with Crippen molar-refractivity contribution in [2.45, 2.75) is 19.9 Å². The van der Waals surface area contributed by atoms with Gasteiger partial charge in [-0.3, -0.25) is 9.69 Å². The van der Waals surface area contributed by atoms with Crippen LogP contribution >= 0.6 is 22.9 Å². The molecular weight excluding hydrogens is 349 g/mol. The van der Waals surface area contributed by atoms with Crippen LogP contribution in [0.4, 0.5) is 4.39 Å². The Morgan fingerprint density at radius 2 is 2.17 bits per heavy atom. The zero-order chi connectivity index (χ0) is 17.1. The van der Waals surface area contributed by atoms with Crippen LogP contribution in [-0.4, -0.2) is 46.9 Å². The number of amides is 1. The molecular formula is C17H19ClFN3OS. The van der Waals surface area contributed by atoms with E-state index in [-0.39, 0.29) is 16.5 Å². The fourth-order valence-corrected chi connectivity index (χ4v) is 3.76. The average Bonchev–Trinajstić information content (AvgIpc) is 2.96. The highest BCUT2D eigenvalue weighted by Gasteiger charge is 2.25. The molecule has 128 valence electrons. The van der Waals surface area contributed by atoms with Crippen LogP contribution in [0.15, 0.2) is 23.7 Å². The van der Waals surface area contributed by atoms with Crippen molar-refractivity contribution < 1.29 is 9.18 Å². The largest absolute Gasteiger partial charge is 0.337 e. The lowest BCUT2D eigenvalue weighted by atomic mass is 10.1. The van der Waals surface area contributed by atoms with Gasteiger partial charge in [-0.15, -0.1) is 11.3 Å². The van der Waals surface area contributed by atoms with E-state index in [0.29, 0.717) is 18.7 Å². The lowest BCUT2D eigenvalue weighted by Crippen LogP contribution is -2.35. The van der Waals surface area contributed by atoms with Crippen molar-refractivity contribution in [3.8, 4) is 0 Å². The van der Waals surface area contributed by atoms with Gasteiger partial charge in [-0.05, 0) is 25.0 Å². The third-order valence-corrected chi connectivity index (χ3v) is 5.47. The summed E-state index contributed by atoms with van der Waals surface area (Å²) >= 11 is 7.80. The van der Waals surface area contributed by atoms with Gasteiger partial charge < -0.3 is 4.90 Å². The molecule has 7 heteroatoms. The number of halogens is 2. The van der Waals surface area contributed by atoms with Crippen molar-refractivity contribution in [1.82, 2.24) is 14.8 Å². The fraction of sp³-hybridized carbons (Fsp3) is 0.412. The summed E-state index contributed by atoms with van der Waals surface area (Å²) in [6, 6.07) is 2.90. The van der Waals surface area contributed by atoms with Crippen LogP contribution in [0.3, 0.4) is 0 Å². The van der Waals surface area contributed by atoms with E-state index in [4.69, 9.17) is 11.6 Å². The van der Waals surface area contributed by atoms with E-state index in [0.717, 1.165) is 31.1 Å². The number of carbonyl (C=O) groups is 1. The SMILES string of the molecule is Cc1ccc(F)c(C(=O)N2CCCN(Cc3nccs3)CC2)c1Cl. The van der Waals surface area contributed by atoms with Crippen LogP contribution in [0.1, 0.15) is 27.3 Å². The topological polar surface area (TPSA) is 36.4 Å². The Morgan fingerprint density at radius 3 is 2.92 bits per heavy atom. The third kappa shape index (κ3) is 3.77. The van der Waals surface area contributed by atoms with Gasteiger partial charge in [0, 0.05) is 37.8 Å². The van der Waals surface area contributed by atoms with E-state index in [2.05, 4.69) is 9.88 Å². The first kappa shape index (κ1) is 17.3. The summed E-state index contributed by atoms with van der Waals surface area (Å²) in [6.07, 6.45) is 2.65. The lowest BCUT2D eigenvalue weighted by Gasteiger charge is -2.22. The van der Waals surface area contributed by atoms with E-state index in [1.807, 2.05) is 5.38 Å². The molecule has 24 heavy (non-hydrogen) atoms. The number of hydrogen-bond donors (Lipinski definition) is 0. The van der Waals surface area contributed by atoms with Gasteiger partial charge >= 0.3 is 0 Å². The minimum Gasteiger partial charge on any atom is -0.337 e. The molecule has 0 aliphatic carbocycles. The second kappa shape index (κ2) is 7.59. The highest BCUT2D eigenvalue weighted by Crippen LogP contribution is 2.25. The number of thiazole rings is 1. The molecule has 0 bridgehead atoms. The third-order valence-electron chi connectivity index (χ3n) is 4.22. The summed E-state index contributed by atoms with van der Waals surface area (Å²) in [5, 5.41) is 3.25. The van der Waals surface area contributed by atoms with Gasteiger partial charge in [0.15, 0.2) is 0 Å². The molecule has 0 N–H and O–H groups in total. The molecule has 0 spiro atoms. The van der Waals surface area contributed by atoms with Crippen molar-refractivity contribution in [3.63, 3.8) is 0 Å². The van der Waals surface area contributed by atoms with Gasteiger partial charge in [0.25, 0.3) is 5.91 Å². The number of hydrogen-bond acceptors (Lipinski definition) is 4. The number of aromatic nitrogens is 1. The Morgan fingerprint density at radius 1 is 1.33 bits per heavy atom. The molecule has 0 unspecified atom stereocenters. The highest BCUT2D eigenvalue weighted by atomic mass is 35.5. The normalized spacial score (nSPS) is 16.2. The Balaban J connectivity index is 1.70. The standard InChI is InChI=1S/C17H19ClFN3OS/c1-12-3-4-13(19)15(16(12)18)17(23)22-7-2-6-21(8-9-22)11-14-20-5-10-24-14/h3-5,10H,2,6-9,11H2,1H3. The van der Waals surface area contributed by atoms with E-state index in [9.17, 15) is 9.18 Å². The molecule has 4 nitrogen and oxygen atoms in total. The summed E-state index contributed by atoms with van der Waals surface area (Å²) in [4.78, 5) is 21.0. The summed E-state index contributed by atoms with van der Waals surface area (Å²) in [7, 11) is 0.